The zero-order chi connectivity index (χ0) is 16.2. The zero-order valence-corrected chi connectivity index (χ0v) is 14.3. The van der Waals surface area contributed by atoms with E-state index in [2.05, 4.69) is 6.92 Å². The molecule has 1 rings (SSSR count). The minimum atomic E-state index is -1.87. The first kappa shape index (κ1) is 19.0. The van der Waals surface area contributed by atoms with Gasteiger partial charge in [0.05, 0.1) is 6.61 Å². The van der Waals surface area contributed by atoms with Crippen LogP contribution in [-0.4, -0.2) is 22.7 Å². The minimum Gasteiger partial charge on any atom is -0.291 e. The van der Waals surface area contributed by atoms with Crippen LogP contribution < -0.4 is 0 Å². The second-order valence-electron chi connectivity index (χ2n) is 5.26. The smallest absolute Gasteiger partial charge is 0.291 e. The van der Waals surface area contributed by atoms with Crippen LogP contribution in [0.2, 0.25) is 0 Å². The third kappa shape index (κ3) is 7.82. The fourth-order valence-corrected chi connectivity index (χ4v) is 2.67. The number of Topliss-reactive ketones (excluding diaryl/α,β-unsaturated/α-hetero) is 1. The highest BCUT2D eigenvalue weighted by Crippen LogP contribution is 2.09. The summed E-state index contributed by atoms with van der Waals surface area (Å²) < 4.78 is 21.9. The molecule has 22 heavy (non-hydrogen) atoms. The van der Waals surface area contributed by atoms with Crippen LogP contribution in [0.25, 0.3) is 0 Å². The predicted octanol–water partition coefficient (Wildman–Crippen LogP) is 4.23. The summed E-state index contributed by atoms with van der Waals surface area (Å²) in [6.07, 6.45) is 6.03. The van der Waals surface area contributed by atoms with Gasteiger partial charge in [-0.3, -0.25) is 13.2 Å². The quantitative estimate of drug-likeness (QED) is 0.426. The van der Waals surface area contributed by atoms with E-state index in [0.717, 1.165) is 12.8 Å². The molecule has 0 amide bonds. The number of hydrogen-bond acceptors (Lipinski definition) is 4. The van der Waals surface area contributed by atoms with Gasteiger partial charge in [-0.1, -0.05) is 69.4 Å². The Balaban J connectivity index is 2.17. The SMILES string of the molecule is CCCCCCCCOS(=O)OC(C)C(=O)c1ccccc1. The third-order valence-corrected chi connectivity index (χ3v) is 4.13. The molecular formula is C17H26O4S. The number of carbonyl (C=O) groups excluding carboxylic acids is 1. The van der Waals surface area contributed by atoms with E-state index in [-0.39, 0.29) is 5.78 Å². The van der Waals surface area contributed by atoms with Crippen LogP contribution in [-0.2, 0) is 19.7 Å². The second-order valence-corrected chi connectivity index (χ2v) is 6.10. The van der Waals surface area contributed by atoms with Crippen molar-refractivity contribution in [1.29, 1.82) is 0 Å². The van der Waals surface area contributed by atoms with E-state index in [0.29, 0.717) is 12.2 Å². The van der Waals surface area contributed by atoms with Crippen LogP contribution in [0.15, 0.2) is 30.3 Å². The Kier molecular flexibility index (Phi) is 9.95. The van der Waals surface area contributed by atoms with Crippen LogP contribution in [0.1, 0.15) is 62.7 Å². The lowest BCUT2D eigenvalue weighted by molar-refractivity contribution is 0.0811. The van der Waals surface area contributed by atoms with Gasteiger partial charge in [0.2, 0.25) is 0 Å². The van der Waals surface area contributed by atoms with Gasteiger partial charge in [-0.25, -0.2) is 0 Å². The highest BCUT2D eigenvalue weighted by atomic mass is 32.2. The average Bonchev–Trinajstić information content (AvgIpc) is 2.54. The lowest BCUT2D eigenvalue weighted by Crippen LogP contribution is -2.22. The average molecular weight is 326 g/mol. The Bertz CT molecular complexity index is 447. The van der Waals surface area contributed by atoms with Gasteiger partial charge in [-0.05, 0) is 13.3 Å². The lowest BCUT2D eigenvalue weighted by atomic mass is 10.1. The van der Waals surface area contributed by atoms with Gasteiger partial charge < -0.3 is 0 Å². The van der Waals surface area contributed by atoms with Crippen LogP contribution in [0, 0.1) is 0 Å². The number of benzene rings is 1. The van der Waals surface area contributed by atoms with Crippen LogP contribution in [0.5, 0.6) is 0 Å². The summed E-state index contributed by atoms with van der Waals surface area (Å²) in [4.78, 5) is 12.0. The maximum Gasteiger partial charge on any atom is 0.305 e. The topological polar surface area (TPSA) is 52.6 Å². The molecule has 124 valence electrons. The summed E-state index contributed by atoms with van der Waals surface area (Å²) in [7, 11) is 0. The summed E-state index contributed by atoms with van der Waals surface area (Å²) in [6.45, 7) is 4.16. The van der Waals surface area contributed by atoms with E-state index >= 15 is 0 Å². The number of hydrogen-bond donors (Lipinski definition) is 0. The minimum absolute atomic E-state index is 0.197. The van der Waals surface area contributed by atoms with Gasteiger partial charge >= 0.3 is 11.4 Å². The van der Waals surface area contributed by atoms with Crippen molar-refractivity contribution in [3.8, 4) is 0 Å². The third-order valence-electron chi connectivity index (χ3n) is 3.33. The molecule has 2 atom stereocenters. The maximum absolute atomic E-state index is 12.0. The van der Waals surface area contributed by atoms with Crippen LogP contribution >= 0.6 is 0 Å². The Morgan fingerprint density at radius 2 is 1.73 bits per heavy atom. The van der Waals surface area contributed by atoms with Gasteiger partial charge in [0.1, 0.15) is 6.10 Å². The van der Waals surface area contributed by atoms with Crippen molar-refractivity contribution in [2.45, 2.75) is 58.5 Å². The standard InChI is InChI=1S/C17H26O4S/c1-3-4-5-6-7-11-14-20-22(19)21-15(2)17(18)16-12-9-8-10-13-16/h8-10,12-13,15H,3-7,11,14H2,1-2H3. The van der Waals surface area contributed by atoms with E-state index in [9.17, 15) is 9.00 Å². The van der Waals surface area contributed by atoms with Crippen molar-refractivity contribution >= 4 is 17.1 Å². The maximum atomic E-state index is 12.0. The van der Waals surface area contributed by atoms with Crippen LogP contribution in [0.3, 0.4) is 0 Å². The highest BCUT2D eigenvalue weighted by Gasteiger charge is 2.18. The molecule has 0 aromatic heterocycles. The second kappa shape index (κ2) is 11.5. The molecule has 0 aliphatic rings. The molecule has 2 unspecified atom stereocenters. The van der Waals surface area contributed by atoms with Crippen molar-refractivity contribution in [1.82, 2.24) is 0 Å². The monoisotopic (exact) mass is 326 g/mol. The first-order valence-electron chi connectivity index (χ1n) is 7.96. The zero-order valence-electron chi connectivity index (χ0n) is 13.5. The molecule has 0 saturated carbocycles. The van der Waals surface area contributed by atoms with Gasteiger partial charge in [0.25, 0.3) is 0 Å². The molecule has 5 heteroatoms. The molecule has 0 saturated heterocycles. The molecule has 0 aliphatic heterocycles. The molecule has 0 N–H and O–H groups in total. The first-order chi connectivity index (χ1) is 10.6. The number of unbranched alkanes of at least 4 members (excludes halogenated alkanes) is 5. The Labute approximate surface area is 136 Å². The number of ketones is 1. The van der Waals surface area contributed by atoms with E-state index in [1.807, 2.05) is 6.07 Å². The van der Waals surface area contributed by atoms with Crippen molar-refractivity contribution in [2.24, 2.45) is 0 Å². The molecule has 1 aromatic carbocycles. The largest absolute Gasteiger partial charge is 0.305 e. The molecule has 0 bridgehead atoms. The molecular weight excluding hydrogens is 300 g/mol. The van der Waals surface area contributed by atoms with Crippen LogP contribution in [0.4, 0.5) is 0 Å². The molecule has 0 heterocycles. The van der Waals surface area contributed by atoms with Crippen molar-refractivity contribution < 1.29 is 17.4 Å². The molecule has 4 nitrogen and oxygen atoms in total. The molecule has 1 aromatic rings. The summed E-state index contributed by atoms with van der Waals surface area (Å²) >= 11 is -1.87. The highest BCUT2D eigenvalue weighted by molar-refractivity contribution is 7.75. The van der Waals surface area contributed by atoms with Gasteiger partial charge in [-0.15, -0.1) is 0 Å². The first-order valence-corrected chi connectivity index (χ1v) is 8.96. The molecule has 0 aliphatic carbocycles. The van der Waals surface area contributed by atoms with E-state index < -0.39 is 17.5 Å². The summed E-state index contributed by atoms with van der Waals surface area (Å²) in [5.74, 6) is -0.197. The predicted molar refractivity (Wildman–Crippen MR) is 88.8 cm³/mol. The Morgan fingerprint density at radius 3 is 2.41 bits per heavy atom. The van der Waals surface area contributed by atoms with E-state index in [1.54, 1.807) is 31.2 Å². The lowest BCUT2D eigenvalue weighted by Gasteiger charge is -2.10. The number of rotatable bonds is 12. The van der Waals surface area contributed by atoms with Crippen molar-refractivity contribution in [3.63, 3.8) is 0 Å². The summed E-state index contributed by atoms with van der Waals surface area (Å²) in [6, 6.07) is 8.83. The Hall–Kier alpha value is -1.04. The molecule has 0 fully saturated rings. The van der Waals surface area contributed by atoms with E-state index in [4.69, 9.17) is 8.37 Å². The van der Waals surface area contributed by atoms with Crippen molar-refractivity contribution in [3.05, 3.63) is 35.9 Å². The number of carbonyl (C=O) groups is 1. The van der Waals surface area contributed by atoms with E-state index in [1.165, 1.54) is 25.7 Å². The summed E-state index contributed by atoms with van der Waals surface area (Å²) in [5.41, 5.74) is 0.544. The van der Waals surface area contributed by atoms with Crippen molar-refractivity contribution in [2.75, 3.05) is 6.61 Å². The normalized spacial score (nSPS) is 13.7. The molecule has 0 radical (unpaired) electrons. The van der Waals surface area contributed by atoms with Gasteiger partial charge in [0.15, 0.2) is 5.78 Å². The fourth-order valence-electron chi connectivity index (χ4n) is 2.04. The summed E-state index contributed by atoms with van der Waals surface area (Å²) in [5, 5.41) is 0. The van der Waals surface area contributed by atoms with Gasteiger partial charge in [-0.2, -0.15) is 4.21 Å². The van der Waals surface area contributed by atoms with Gasteiger partial charge in [0, 0.05) is 5.56 Å². The molecule has 0 spiro atoms. The Morgan fingerprint density at radius 1 is 1.09 bits per heavy atom. The fraction of sp³-hybridized carbons (Fsp3) is 0.588.